The summed E-state index contributed by atoms with van der Waals surface area (Å²) in [7, 11) is 0. The number of rotatable bonds is 1. The average molecular weight is 218 g/mol. The summed E-state index contributed by atoms with van der Waals surface area (Å²) < 4.78 is 0. The van der Waals surface area contributed by atoms with Gasteiger partial charge in [-0.15, -0.1) is 11.3 Å². The van der Waals surface area contributed by atoms with E-state index in [0.717, 1.165) is 10.4 Å². The highest BCUT2D eigenvalue weighted by atomic mass is 32.1. The van der Waals surface area contributed by atoms with Gasteiger partial charge in [-0.2, -0.15) is 0 Å². The second-order valence-electron chi connectivity index (χ2n) is 3.27. The fraction of sp³-hybridized carbons (Fsp3) is 0.0833. The molecule has 15 heavy (non-hydrogen) atoms. The van der Waals surface area contributed by atoms with Crippen molar-refractivity contribution in [2.45, 2.75) is 6.92 Å². The zero-order chi connectivity index (χ0) is 10.8. The first-order valence-corrected chi connectivity index (χ1v) is 5.39. The van der Waals surface area contributed by atoms with Gasteiger partial charge in [0.05, 0.1) is 5.56 Å². The van der Waals surface area contributed by atoms with Crippen LogP contribution in [0.15, 0.2) is 41.2 Å². The molecule has 0 bridgehead atoms. The first-order chi connectivity index (χ1) is 7.18. The molecule has 0 saturated carbocycles. The maximum absolute atomic E-state index is 11.7. The van der Waals surface area contributed by atoms with Gasteiger partial charge in [0.15, 0.2) is 10.5 Å². The Kier molecular flexibility index (Phi) is 2.56. The van der Waals surface area contributed by atoms with Gasteiger partial charge in [0, 0.05) is 4.88 Å². The molecule has 0 atom stereocenters. The fourth-order valence-electron chi connectivity index (χ4n) is 1.47. The van der Waals surface area contributed by atoms with Gasteiger partial charge in [-0.25, -0.2) is 0 Å². The molecule has 76 valence electrons. The van der Waals surface area contributed by atoms with E-state index in [-0.39, 0.29) is 10.5 Å². The minimum atomic E-state index is -0.130. The zero-order valence-corrected chi connectivity index (χ0v) is 9.04. The van der Waals surface area contributed by atoms with Gasteiger partial charge in [-0.1, -0.05) is 30.3 Å². The molecule has 0 spiro atoms. The van der Waals surface area contributed by atoms with Crippen LogP contribution in [0, 0.1) is 6.92 Å². The summed E-state index contributed by atoms with van der Waals surface area (Å²) in [5.41, 5.74) is 1.03. The van der Waals surface area contributed by atoms with Crippen LogP contribution in [0.25, 0.3) is 11.1 Å². The van der Waals surface area contributed by atoms with Crippen LogP contribution < -0.4 is 5.43 Å². The second kappa shape index (κ2) is 3.87. The molecule has 0 aliphatic heterocycles. The lowest BCUT2D eigenvalue weighted by molar-refractivity contribution is 0.491. The van der Waals surface area contributed by atoms with Crippen LogP contribution in [0.4, 0.5) is 0 Å². The van der Waals surface area contributed by atoms with Gasteiger partial charge in [0.1, 0.15) is 0 Å². The monoisotopic (exact) mass is 218 g/mol. The summed E-state index contributed by atoms with van der Waals surface area (Å²) in [6.07, 6.45) is 0. The SMILES string of the molecule is Cc1cc(=O)c(-c2ccccc2)c(O)s1. The Bertz CT molecular complexity index is 529. The first kappa shape index (κ1) is 9.93. The molecule has 0 saturated heterocycles. The van der Waals surface area contributed by atoms with Crippen molar-refractivity contribution < 1.29 is 5.11 Å². The molecule has 2 rings (SSSR count). The van der Waals surface area contributed by atoms with Crippen molar-refractivity contribution in [3.8, 4) is 16.2 Å². The molecule has 1 heterocycles. The van der Waals surface area contributed by atoms with Gasteiger partial charge in [0.2, 0.25) is 0 Å². The Morgan fingerprint density at radius 3 is 2.47 bits per heavy atom. The van der Waals surface area contributed by atoms with E-state index in [2.05, 4.69) is 0 Å². The van der Waals surface area contributed by atoms with Crippen molar-refractivity contribution in [2.75, 3.05) is 0 Å². The van der Waals surface area contributed by atoms with Crippen LogP contribution in [0.3, 0.4) is 0 Å². The molecule has 0 aliphatic rings. The maximum atomic E-state index is 11.7. The summed E-state index contributed by atoms with van der Waals surface area (Å²) in [6.45, 7) is 1.81. The normalized spacial score (nSPS) is 10.2. The molecule has 0 aliphatic carbocycles. The molecule has 0 radical (unpaired) electrons. The molecule has 3 heteroatoms. The molecule has 2 aromatic rings. The summed E-state index contributed by atoms with van der Waals surface area (Å²) in [6, 6.07) is 10.8. The van der Waals surface area contributed by atoms with E-state index < -0.39 is 0 Å². The lowest BCUT2D eigenvalue weighted by atomic mass is 10.1. The predicted molar refractivity (Wildman–Crippen MR) is 62.4 cm³/mol. The van der Waals surface area contributed by atoms with Crippen LogP contribution >= 0.6 is 11.3 Å². The number of hydrogen-bond donors (Lipinski definition) is 1. The molecule has 1 aromatic carbocycles. The number of aryl methyl sites for hydroxylation is 1. The van der Waals surface area contributed by atoms with Crippen LogP contribution in [0.5, 0.6) is 5.06 Å². The Morgan fingerprint density at radius 2 is 1.87 bits per heavy atom. The number of aromatic hydroxyl groups is 1. The molecular weight excluding hydrogens is 208 g/mol. The smallest absolute Gasteiger partial charge is 0.192 e. The van der Waals surface area contributed by atoms with Crippen molar-refractivity contribution in [1.29, 1.82) is 0 Å². The average Bonchev–Trinajstić information content (AvgIpc) is 2.17. The highest BCUT2D eigenvalue weighted by Crippen LogP contribution is 2.30. The second-order valence-corrected chi connectivity index (χ2v) is 4.50. The molecule has 2 nitrogen and oxygen atoms in total. The van der Waals surface area contributed by atoms with Gasteiger partial charge >= 0.3 is 0 Å². The minimum absolute atomic E-state index is 0.0891. The van der Waals surface area contributed by atoms with E-state index in [0.29, 0.717) is 5.56 Å². The molecule has 1 aromatic heterocycles. The van der Waals surface area contributed by atoms with E-state index in [1.54, 1.807) is 13.0 Å². The quantitative estimate of drug-likeness (QED) is 0.799. The fourth-order valence-corrected chi connectivity index (χ4v) is 2.26. The van der Waals surface area contributed by atoms with E-state index in [1.807, 2.05) is 30.3 Å². The van der Waals surface area contributed by atoms with Crippen molar-refractivity contribution in [2.24, 2.45) is 0 Å². The third-order valence-electron chi connectivity index (χ3n) is 2.11. The molecular formula is C12H10O2S. The van der Waals surface area contributed by atoms with Crippen molar-refractivity contribution in [3.63, 3.8) is 0 Å². The van der Waals surface area contributed by atoms with Crippen LogP contribution in [0.2, 0.25) is 0 Å². The summed E-state index contributed by atoms with van der Waals surface area (Å²) >= 11 is 1.22. The highest BCUT2D eigenvalue weighted by molar-refractivity contribution is 7.13. The zero-order valence-electron chi connectivity index (χ0n) is 8.23. The first-order valence-electron chi connectivity index (χ1n) is 4.57. The lowest BCUT2D eigenvalue weighted by Gasteiger charge is -2.03. The van der Waals surface area contributed by atoms with Crippen LogP contribution in [-0.2, 0) is 0 Å². The van der Waals surface area contributed by atoms with Gasteiger partial charge in [-0.3, -0.25) is 4.79 Å². The summed E-state index contributed by atoms with van der Waals surface area (Å²) in [5.74, 6) is 0. The molecule has 0 fully saturated rings. The summed E-state index contributed by atoms with van der Waals surface area (Å²) in [4.78, 5) is 12.5. The minimum Gasteiger partial charge on any atom is -0.499 e. The van der Waals surface area contributed by atoms with Gasteiger partial charge < -0.3 is 5.11 Å². The maximum Gasteiger partial charge on any atom is 0.192 e. The third kappa shape index (κ3) is 1.92. The van der Waals surface area contributed by atoms with E-state index >= 15 is 0 Å². The largest absolute Gasteiger partial charge is 0.499 e. The van der Waals surface area contributed by atoms with E-state index in [9.17, 15) is 9.90 Å². The van der Waals surface area contributed by atoms with Gasteiger partial charge in [0.25, 0.3) is 0 Å². The van der Waals surface area contributed by atoms with Crippen LogP contribution in [-0.4, -0.2) is 5.11 Å². The predicted octanol–water partition coefficient (Wildman–Crippen LogP) is 2.79. The van der Waals surface area contributed by atoms with Crippen molar-refractivity contribution in [1.82, 2.24) is 0 Å². The Hall–Kier alpha value is -1.61. The molecule has 0 amide bonds. The van der Waals surface area contributed by atoms with E-state index in [1.165, 1.54) is 11.3 Å². The number of benzene rings is 1. The molecule has 1 N–H and O–H groups in total. The number of hydrogen-bond acceptors (Lipinski definition) is 3. The highest BCUT2D eigenvalue weighted by Gasteiger charge is 2.09. The Labute approximate surface area is 91.5 Å². The molecule has 0 unspecified atom stereocenters. The Morgan fingerprint density at radius 1 is 1.20 bits per heavy atom. The Balaban J connectivity index is 2.69. The van der Waals surface area contributed by atoms with E-state index in [4.69, 9.17) is 0 Å². The standard InChI is InChI=1S/C12H10O2S/c1-8-7-10(13)11(12(14)15-8)9-5-3-2-4-6-9/h2-7,14H,1H3. The van der Waals surface area contributed by atoms with Gasteiger partial charge in [-0.05, 0) is 18.6 Å². The summed E-state index contributed by atoms with van der Waals surface area (Å²) in [5, 5.41) is 9.83. The van der Waals surface area contributed by atoms with Crippen LogP contribution in [0.1, 0.15) is 4.88 Å². The lowest BCUT2D eigenvalue weighted by Crippen LogP contribution is -2.02. The third-order valence-corrected chi connectivity index (χ3v) is 2.95. The van der Waals surface area contributed by atoms with Crippen molar-refractivity contribution in [3.05, 3.63) is 51.5 Å². The van der Waals surface area contributed by atoms with Crippen molar-refractivity contribution >= 4 is 11.3 Å². The topological polar surface area (TPSA) is 37.3 Å².